The molecular formula is C40H75NO7. The van der Waals surface area contributed by atoms with Crippen LogP contribution in [0.2, 0.25) is 0 Å². The highest BCUT2D eigenvalue weighted by atomic mass is 16.6. The van der Waals surface area contributed by atoms with Gasteiger partial charge in [0.2, 0.25) is 6.41 Å². The number of ether oxygens (including phenoxy) is 2. The molecule has 48 heavy (non-hydrogen) atoms. The van der Waals surface area contributed by atoms with Crippen LogP contribution in [0.5, 0.6) is 0 Å². The molecule has 4 fully saturated rings. The van der Waals surface area contributed by atoms with E-state index in [0.29, 0.717) is 30.8 Å². The van der Waals surface area contributed by atoms with Crippen molar-refractivity contribution in [3.63, 3.8) is 0 Å². The van der Waals surface area contributed by atoms with Gasteiger partial charge in [0.25, 0.3) is 0 Å². The molecule has 0 radical (unpaired) electrons. The molecule has 0 aromatic rings. The number of aliphatic hydroxyl groups excluding tert-OH is 5. The SMILES string of the molecule is CC(O)OCCOC(O)N(CC1CC(C(C)C)C2CC3(C)CC4(C)CC(C)C(C(C)O)C(O)C4(C)C(C)C3C(O)C2C1C)CC(C)(C)C. The van der Waals surface area contributed by atoms with Crippen molar-refractivity contribution in [3.05, 3.63) is 0 Å². The van der Waals surface area contributed by atoms with Crippen LogP contribution < -0.4 is 0 Å². The normalized spacial score (nSPS) is 46.9. The minimum Gasteiger partial charge on any atom is -0.393 e. The second-order valence-electron chi connectivity index (χ2n) is 19.8. The molecule has 0 heterocycles. The van der Waals surface area contributed by atoms with Gasteiger partial charge in [-0.3, -0.25) is 4.90 Å². The molecule has 8 nitrogen and oxygen atoms in total. The molecule has 0 spiro atoms. The fraction of sp³-hybridized carbons (Fsp3) is 1.00. The van der Waals surface area contributed by atoms with Gasteiger partial charge in [0, 0.05) is 24.4 Å². The highest BCUT2D eigenvalue weighted by Gasteiger charge is 2.70. The first-order valence-corrected chi connectivity index (χ1v) is 19.4. The summed E-state index contributed by atoms with van der Waals surface area (Å²) >= 11 is 0. The molecule has 0 bridgehead atoms. The maximum atomic E-state index is 12.8. The predicted octanol–water partition coefficient (Wildman–Crippen LogP) is 5.98. The number of nitrogens with zero attached hydrogens (tertiary/aromatic N) is 1. The highest BCUT2D eigenvalue weighted by molar-refractivity contribution is 5.19. The van der Waals surface area contributed by atoms with E-state index in [4.69, 9.17) is 9.47 Å². The smallest absolute Gasteiger partial charge is 0.216 e. The van der Waals surface area contributed by atoms with Gasteiger partial charge in [0.05, 0.1) is 31.5 Å². The standard InChI is InChI=1S/C40H75NO7/c1-22(2)29-16-28(19-41(21-37(8,9)10)36(46)48-15-14-47-27(7)43)24(4)32-30(29)18-38(11)20-39(12)17-23(3)31(26(6)42)35(45)40(39,13)25(5)33(38)34(32)44/h22-36,42-46H,14-21H2,1-13H3. The first-order chi connectivity index (χ1) is 22.0. The Kier molecular flexibility index (Phi) is 12.3. The average molecular weight is 682 g/mol. The van der Waals surface area contributed by atoms with Gasteiger partial charge in [-0.05, 0) is 109 Å². The molecule has 0 saturated heterocycles. The van der Waals surface area contributed by atoms with Crippen molar-refractivity contribution < 1.29 is 35.0 Å². The molecule has 0 aliphatic heterocycles. The topological polar surface area (TPSA) is 123 Å². The number of fused-ring (bicyclic) bond motifs is 3. The van der Waals surface area contributed by atoms with E-state index >= 15 is 0 Å². The van der Waals surface area contributed by atoms with Crippen molar-refractivity contribution in [1.82, 2.24) is 4.90 Å². The Bertz CT molecular complexity index is 1060. The van der Waals surface area contributed by atoms with Crippen LogP contribution >= 0.6 is 0 Å². The van der Waals surface area contributed by atoms with E-state index in [1.165, 1.54) is 0 Å². The molecule has 17 unspecified atom stereocenters. The summed E-state index contributed by atoms with van der Waals surface area (Å²) < 4.78 is 11.1. The van der Waals surface area contributed by atoms with E-state index in [1.54, 1.807) is 6.92 Å². The summed E-state index contributed by atoms with van der Waals surface area (Å²) in [6.45, 7) is 30.3. The van der Waals surface area contributed by atoms with E-state index in [0.717, 1.165) is 25.7 Å². The number of hydrogen-bond donors (Lipinski definition) is 5. The van der Waals surface area contributed by atoms with Crippen molar-refractivity contribution in [2.45, 2.75) is 147 Å². The maximum absolute atomic E-state index is 12.8. The Morgan fingerprint density at radius 3 is 2.04 bits per heavy atom. The van der Waals surface area contributed by atoms with E-state index in [-0.39, 0.29) is 70.9 Å². The third-order valence-electron chi connectivity index (χ3n) is 14.8. The Morgan fingerprint density at radius 2 is 1.50 bits per heavy atom. The Morgan fingerprint density at radius 1 is 0.896 bits per heavy atom. The minimum atomic E-state index is -1.09. The van der Waals surface area contributed by atoms with Gasteiger partial charge in [0.1, 0.15) is 0 Å². The Hall–Kier alpha value is -0.320. The van der Waals surface area contributed by atoms with Crippen molar-refractivity contribution in [1.29, 1.82) is 0 Å². The number of aliphatic hydroxyl groups is 5. The molecule has 282 valence electrons. The molecular weight excluding hydrogens is 606 g/mol. The molecule has 4 rings (SSSR count). The summed E-state index contributed by atoms with van der Waals surface area (Å²) in [5.41, 5.74) is -0.612. The minimum absolute atomic E-state index is 0.0402. The summed E-state index contributed by atoms with van der Waals surface area (Å²) in [4.78, 5) is 2.06. The monoisotopic (exact) mass is 682 g/mol. The lowest BCUT2D eigenvalue weighted by Crippen LogP contribution is -2.71. The van der Waals surface area contributed by atoms with Gasteiger partial charge in [-0.1, -0.05) is 76.2 Å². The lowest BCUT2D eigenvalue weighted by atomic mass is 9.33. The molecule has 5 N–H and O–H groups in total. The number of rotatable bonds is 11. The lowest BCUT2D eigenvalue weighted by molar-refractivity contribution is -0.282. The largest absolute Gasteiger partial charge is 0.393 e. The zero-order chi connectivity index (χ0) is 36.3. The third kappa shape index (κ3) is 7.44. The maximum Gasteiger partial charge on any atom is 0.216 e. The molecule has 4 saturated carbocycles. The van der Waals surface area contributed by atoms with Crippen molar-refractivity contribution in [2.75, 3.05) is 26.3 Å². The summed E-state index contributed by atoms with van der Waals surface area (Å²) in [5, 5.41) is 56.5. The van der Waals surface area contributed by atoms with Crippen LogP contribution in [0, 0.1) is 80.8 Å². The number of hydrogen-bond acceptors (Lipinski definition) is 8. The van der Waals surface area contributed by atoms with Crippen LogP contribution in [0.1, 0.15) is 116 Å². The first-order valence-electron chi connectivity index (χ1n) is 19.4. The summed E-state index contributed by atoms with van der Waals surface area (Å²) in [7, 11) is 0. The Balaban J connectivity index is 1.65. The molecule has 4 aliphatic rings. The second kappa shape index (κ2) is 14.6. The lowest BCUT2D eigenvalue weighted by Gasteiger charge is -2.72. The average Bonchev–Trinajstić information content (AvgIpc) is 2.92. The van der Waals surface area contributed by atoms with E-state index < -0.39 is 36.4 Å². The van der Waals surface area contributed by atoms with Crippen LogP contribution in [0.15, 0.2) is 0 Å². The summed E-state index contributed by atoms with van der Waals surface area (Å²) in [6.07, 6.45) is 0.466. The van der Waals surface area contributed by atoms with Crippen LogP contribution in [0.3, 0.4) is 0 Å². The van der Waals surface area contributed by atoms with Gasteiger partial charge >= 0.3 is 0 Å². The van der Waals surface area contributed by atoms with Gasteiger partial charge in [-0.25, -0.2) is 0 Å². The van der Waals surface area contributed by atoms with E-state index in [2.05, 4.69) is 81.1 Å². The van der Waals surface area contributed by atoms with E-state index in [1.807, 2.05) is 6.92 Å². The van der Waals surface area contributed by atoms with Gasteiger partial charge in [0.15, 0.2) is 6.29 Å². The Labute approximate surface area is 293 Å². The zero-order valence-corrected chi connectivity index (χ0v) is 32.8. The second-order valence-corrected chi connectivity index (χ2v) is 19.8. The quantitative estimate of drug-likeness (QED) is 0.133. The first kappa shape index (κ1) is 40.5. The summed E-state index contributed by atoms with van der Waals surface area (Å²) in [5.74, 6) is 2.19. The van der Waals surface area contributed by atoms with Crippen LogP contribution in [0.25, 0.3) is 0 Å². The van der Waals surface area contributed by atoms with Crippen LogP contribution in [0.4, 0.5) is 0 Å². The summed E-state index contributed by atoms with van der Waals surface area (Å²) in [6, 6.07) is 0. The van der Waals surface area contributed by atoms with Crippen molar-refractivity contribution in [3.8, 4) is 0 Å². The van der Waals surface area contributed by atoms with Gasteiger partial charge in [-0.2, -0.15) is 0 Å². The molecule has 17 atom stereocenters. The predicted molar refractivity (Wildman–Crippen MR) is 190 cm³/mol. The highest BCUT2D eigenvalue weighted by Crippen LogP contribution is 2.73. The third-order valence-corrected chi connectivity index (χ3v) is 14.8. The molecule has 4 aliphatic carbocycles. The zero-order valence-electron chi connectivity index (χ0n) is 32.8. The molecule has 8 heteroatoms. The van der Waals surface area contributed by atoms with Crippen LogP contribution in [-0.4, -0.2) is 87.8 Å². The fourth-order valence-electron chi connectivity index (χ4n) is 12.8. The molecule has 0 aromatic heterocycles. The molecule has 0 amide bonds. The van der Waals surface area contributed by atoms with Gasteiger partial charge < -0.3 is 35.0 Å². The van der Waals surface area contributed by atoms with Crippen LogP contribution in [-0.2, 0) is 9.47 Å². The van der Waals surface area contributed by atoms with Crippen molar-refractivity contribution >= 4 is 0 Å². The van der Waals surface area contributed by atoms with Crippen molar-refractivity contribution in [2.24, 2.45) is 80.8 Å². The fourth-order valence-corrected chi connectivity index (χ4v) is 12.8. The van der Waals surface area contributed by atoms with Gasteiger partial charge in [-0.15, -0.1) is 0 Å². The van der Waals surface area contributed by atoms with E-state index in [9.17, 15) is 25.5 Å². The molecule has 0 aromatic carbocycles.